The van der Waals surface area contributed by atoms with Crippen LogP contribution in [0.25, 0.3) is 10.1 Å². The molecule has 0 aromatic carbocycles. The number of fused-ring (bicyclic) bond motifs is 1. The molecule has 0 unspecified atom stereocenters. The third kappa shape index (κ3) is 2.10. The highest BCUT2D eigenvalue weighted by atomic mass is 32.1. The molecule has 18 heavy (non-hydrogen) atoms. The zero-order chi connectivity index (χ0) is 12.6. The molecule has 1 aliphatic carbocycles. The zero-order valence-electron chi connectivity index (χ0n) is 10.3. The minimum Gasteiger partial charge on any atom is -0.388 e. The van der Waals surface area contributed by atoms with Gasteiger partial charge in [-0.25, -0.2) is 0 Å². The summed E-state index contributed by atoms with van der Waals surface area (Å²) in [6, 6.07) is 3.83. The van der Waals surface area contributed by atoms with Gasteiger partial charge in [0.2, 0.25) is 0 Å². The Labute approximate surface area is 110 Å². The minimum absolute atomic E-state index is 0.0211. The van der Waals surface area contributed by atoms with Crippen molar-refractivity contribution in [1.82, 2.24) is 4.57 Å². The second-order valence-electron chi connectivity index (χ2n) is 5.23. The molecule has 2 aromatic rings. The summed E-state index contributed by atoms with van der Waals surface area (Å²) >= 11 is 1.58. The second-order valence-corrected chi connectivity index (χ2v) is 6.18. The molecule has 0 saturated heterocycles. The third-order valence-corrected chi connectivity index (χ3v) is 4.72. The van der Waals surface area contributed by atoms with E-state index < -0.39 is 5.60 Å². The quantitative estimate of drug-likeness (QED) is 0.905. The van der Waals surface area contributed by atoms with E-state index in [4.69, 9.17) is 0 Å². The summed E-state index contributed by atoms with van der Waals surface area (Å²) in [6.45, 7) is 0.428. The van der Waals surface area contributed by atoms with Gasteiger partial charge in [-0.1, -0.05) is 19.3 Å². The molecular weight excluding hydrogens is 246 g/mol. The zero-order valence-corrected chi connectivity index (χ0v) is 11.1. The van der Waals surface area contributed by atoms with Gasteiger partial charge in [0.1, 0.15) is 0 Å². The molecule has 1 aliphatic rings. The fourth-order valence-electron chi connectivity index (χ4n) is 2.82. The van der Waals surface area contributed by atoms with Gasteiger partial charge in [-0.05, 0) is 30.4 Å². The molecule has 3 rings (SSSR count). The molecular formula is C14H17NO2S. The topological polar surface area (TPSA) is 42.2 Å². The normalized spacial score (nSPS) is 19.2. The molecule has 1 N–H and O–H groups in total. The summed E-state index contributed by atoms with van der Waals surface area (Å²) in [5.74, 6) is 0. The van der Waals surface area contributed by atoms with E-state index in [2.05, 4.69) is 0 Å². The lowest BCUT2D eigenvalue weighted by molar-refractivity contribution is -0.0121. The molecule has 0 radical (unpaired) electrons. The van der Waals surface area contributed by atoms with Crippen LogP contribution in [0, 0.1) is 0 Å². The fourth-order valence-corrected chi connectivity index (χ4v) is 3.59. The molecule has 0 spiro atoms. The molecule has 0 atom stereocenters. The van der Waals surface area contributed by atoms with Gasteiger partial charge in [0.25, 0.3) is 5.56 Å². The van der Waals surface area contributed by atoms with Crippen molar-refractivity contribution >= 4 is 21.4 Å². The van der Waals surface area contributed by atoms with Crippen molar-refractivity contribution in [1.29, 1.82) is 0 Å². The summed E-state index contributed by atoms with van der Waals surface area (Å²) < 4.78 is 2.69. The van der Waals surface area contributed by atoms with E-state index in [1.807, 2.05) is 23.7 Å². The average Bonchev–Trinajstić information content (AvgIpc) is 2.83. The highest BCUT2D eigenvalue weighted by molar-refractivity contribution is 7.17. The maximum absolute atomic E-state index is 12.3. The fraction of sp³-hybridized carbons (Fsp3) is 0.500. The summed E-state index contributed by atoms with van der Waals surface area (Å²) in [5.41, 5.74) is -0.668. The number of hydrogen-bond donors (Lipinski definition) is 1. The van der Waals surface area contributed by atoms with Crippen LogP contribution in [0.4, 0.5) is 0 Å². The standard InChI is InChI=1S/C14H17NO2S/c16-13-11-5-9-18-12(11)4-8-15(13)10-14(17)6-2-1-3-7-14/h4-5,8-9,17H,1-3,6-7,10H2. The first-order valence-corrected chi connectivity index (χ1v) is 7.35. The largest absolute Gasteiger partial charge is 0.388 e. The summed E-state index contributed by atoms with van der Waals surface area (Å²) in [4.78, 5) is 12.3. The molecule has 0 aliphatic heterocycles. The van der Waals surface area contributed by atoms with E-state index in [0.717, 1.165) is 35.8 Å². The van der Waals surface area contributed by atoms with Crippen molar-refractivity contribution in [3.8, 4) is 0 Å². The van der Waals surface area contributed by atoms with Crippen molar-refractivity contribution in [2.75, 3.05) is 0 Å². The Morgan fingerprint density at radius 3 is 2.83 bits per heavy atom. The first-order chi connectivity index (χ1) is 8.68. The predicted molar refractivity (Wildman–Crippen MR) is 74.1 cm³/mol. The van der Waals surface area contributed by atoms with Crippen LogP contribution < -0.4 is 5.56 Å². The van der Waals surface area contributed by atoms with Gasteiger partial charge < -0.3 is 9.67 Å². The van der Waals surface area contributed by atoms with E-state index in [0.29, 0.717) is 6.54 Å². The molecule has 4 heteroatoms. The summed E-state index contributed by atoms with van der Waals surface area (Å²) in [6.07, 6.45) is 6.74. The molecule has 0 bridgehead atoms. The maximum Gasteiger partial charge on any atom is 0.259 e. The Morgan fingerprint density at radius 1 is 1.28 bits per heavy atom. The first kappa shape index (κ1) is 11.9. The molecule has 2 aromatic heterocycles. The van der Waals surface area contributed by atoms with E-state index in [-0.39, 0.29) is 5.56 Å². The molecule has 0 amide bonds. The maximum atomic E-state index is 12.3. The Morgan fingerprint density at radius 2 is 2.06 bits per heavy atom. The number of rotatable bonds is 2. The lowest BCUT2D eigenvalue weighted by atomic mass is 9.85. The molecule has 2 heterocycles. The van der Waals surface area contributed by atoms with Crippen molar-refractivity contribution in [3.63, 3.8) is 0 Å². The highest BCUT2D eigenvalue weighted by Gasteiger charge is 2.29. The number of hydrogen-bond acceptors (Lipinski definition) is 3. The van der Waals surface area contributed by atoms with Crippen LogP contribution >= 0.6 is 11.3 Å². The Hall–Kier alpha value is -1.13. The smallest absolute Gasteiger partial charge is 0.259 e. The van der Waals surface area contributed by atoms with Gasteiger partial charge >= 0.3 is 0 Å². The van der Waals surface area contributed by atoms with Crippen LogP contribution in [-0.4, -0.2) is 15.3 Å². The van der Waals surface area contributed by atoms with Crippen molar-refractivity contribution < 1.29 is 5.11 Å². The second kappa shape index (κ2) is 4.52. The van der Waals surface area contributed by atoms with Crippen LogP contribution in [0.2, 0.25) is 0 Å². The lowest BCUT2D eigenvalue weighted by Gasteiger charge is -2.32. The number of pyridine rings is 1. The van der Waals surface area contributed by atoms with Gasteiger partial charge in [0, 0.05) is 10.9 Å². The minimum atomic E-state index is -0.689. The molecule has 3 nitrogen and oxygen atoms in total. The lowest BCUT2D eigenvalue weighted by Crippen LogP contribution is -2.39. The van der Waals surface area contributed by atoms with Crippen LogP contribution in [0.1, 0.15) is 32.1 Å². The average molecular weight is 263 g/mol. The van der Waals surface area contributed by atoms with Crippen LogP contribution in [0.5, 0.6) is 0 Å². The Bertz CT molecular complexity index is 608. The Kier molecular flexibility index (Phi) is 2.99. The SMILES string of the molecule is O=c1c2ccsc2ccn1CC1(O)CCCCC1. The van der Waals surface area contributed by atoms with E-state index in [1.165, 1.54) is 6.42 Å². The molecule has 96 valence electrons. The van der Waals surface area contributed by atoms with Gasteiger partial charge in [0.05, 0.1) is 17.5 Å². The Balaban J connectivity index is 1.94. The number of nitrogens with zero attached hydrogens (tertiary/aromatic N) is 1. The monoisotopic (exact) mass is 263 g/mol. The molecule has 1 saturated carbocycles. The third-order valence-electron chi connectivity index (χ3n) is 3.84. The van der Waals surface area contributed by atoms with Crippen LogP contribution in [-0.2, 0) is 6.54 Å². The summed E-state index contributed by atoms with van der Waals surface area (Å²) in [5, 5.41) is 13.2. The number of aliphatic hydroxyl groups is 1. The van der Waals surface area contributed by atoms with Gasteiger partial charge in [-0.15, -0.1) is 11.3 Å². The van der Waals surface area contributed by atoms with Gasteiger partial charge in [0.15, 0.2) is 0 Å². The van der Waals surface area contributed by atoms with Crippen molar-refractivity contribution in [2.24, 2.45) is 0 Å². The van der Waals surface area contributed by atoms with Gasteiger partial charge in [-0.3, -0.25) is 4.79 Å². The first-order valence-electron chi connectivity index (χ1n) is 6.47. The van der Waals surface area contributed by atoms with Crippen molar-refractivity contribution in [2.45, 2.75) is 44.2 Å². The van der Waals surface area contributed by atoms with E-state index in [9.17, 15) is 9.90 Å². The number of thiophene rings is 1. The van der Waals surface area contributed by atoms with Gasteiger partial charge in [-0.2, -0.15) is 0 Å². The van der Waals surface area contributed by atoms with Crippen molar-refractivity contribution in [3.05, 3.63) is 34.1 Å². The van der Waals surface area contributed by atoms with E-state index in [1.54, 1.807) is 15.9 Å². The van der Waals surface area contributed by atoms with Crippen LogP contribution in [0.3, 0.4) is 0 Å². The van der Waals surface area contributed by atoms with Crippen LogP contribution in [0.15, 0.2) is 28.5 Å². The summed E-state index contributed by atoms with van der Waals surface area (Å²) in [7, 11) is 0. The van der Waals surface area contributed by atoms with E-state index >= 15 is 0 Å². The molecule has 1 fully saturated rings. The highest BCUT2D eigenvalue weighted by Crippen LogP contribution is 2.29. The number of aromatic nitrogens is 1. The predicted octanol–water partition coefficient (Wildman–Crippen LogP) is 2.76.